The molecule has 1 aromatic heterocycles. The van der Waals surface area contributed by atoms with E-state index in [2.05, 4.69) is 30.7 Å². The number of nitrogens with zero attached hydrogens (tertiary/aromatic N) is 2. The molecule has 0 aliphatic heterocycles. The zero-order chi connectivity index (χ0) is 12.1. The van der Waals surface area contributed by atoms with E-state index < -0.39 is 0 Å². The van der Waals surface area contributed by atoms with Gasteiger partial charge in [-0.2, -0.15) is 0 Å². The quantitative estimate of drug-likeness (QED) is 0.863. The van der Waals surface area contributed by atoms with Crippen molar-refractivity contribution in [3.8, 4) is 0 Å². The van der Waals surface area contributed by atoms with E-state index in [4.69, 9.17) is 16.7 Å². The van der Waals surface area contributed by atoms with Crippen molar-refractivity contribution in [2.75, 3.05) is 11.4 Å². The Labute approximate surface area is 102 Å². The Morgan fingerprint density at radius 3 is 2.69 bits per heavy atom. The molecule has 0 fully saturated rings. The van der Waals surface area contributed by atoms with E-state index in [1.807, 2.05) is 6.07 Å². The number of anilines is 1. The first kappa shape index (κ1) is 13.3. The maximum absolute atomic E-state index is 9.16. The van der Waals surface area contributed by atoms with Gasteiger partial charge in [0.25, 0.3) is 0 Å². The largest absolute Gasteiger partial charge is 0.392 e. The van der Waals surface area contributed by atoms with Gasteiger partial charge in [0, 0.05) is 24.3 Å². The first-order valence-corrected chi connectivity index (χ1v) is 6.03. The van der Waals surface area contributed by atoms with Gasteiger partial charge in [0.05, 0.1) is 11.6 Å². The van der Waals surface area contributed by atoms with Gasteiger partial charge in [-0.15, -0.1) is 0 Å². The standard InChI is InChI=1S/C12H19ClN2O/c1-4-9(3)15(5-2)12-6-10(8-16)11(13)7-14-12/h6-7,9,16H,4-5,8H2,1-3H3. The van der Waals surface area contributed by atoms with Crippen molar-refractivity contribution >= 4 is 17.4 Å². The summed E-state index contributed by atoms with van der Waals surface area (Å²) in [6.45, 7) is 7.26. The van der Waals surface area contributed by atoms with Crippen molar-refractivity contribution in [3.63, 3.8) is 0 Å². The normalized spacial score (nSPS) is 12.6. The molecular weight excluding hydrogens is 224 g/mol. The zero-order valence-electron chi connectivity index (χ0n) is 10.1. The topological polar surface area (TPSA) is 36.4 Å². The van der Waals surface area contributed by atoms with Gasteiger partial charge in [0.1, 0.15) is 5.82 Å². The lowest BCUT2D eigenvalue weighted by molar-refractivity contribution is 0.282. The van der Waals surface area contributed by atoms with Gasteiger partial charge in [-0.3, -0.25) is 0 Å². The summed E-state index contributed by atoms with van der Waals surface area (Å²) in [5.41, 5.74) is 0.730. The maximum Gasteiger partial charge on any atom is 0.129 e. The van der Waals surface area contributed by atoms with Crippen molar-refractivity contribution in [1.29, 1.82) is 0 Å². The van der Waals surface area contributed by atoms with Crippen LogP contribution in [-0.2, 0) is 6.61 Å². The Hall–Kier alpha value is -0.800. The molecule has 1 rings (SSSR count). The molecule has 0 radical (unpaired) electrons. The van der Waals surface area contributed by atoms with Crippen molar-refractivity contribution in [3.05, 3.63) is 22.8 Å². The van der Waals surface area contributed by atoms with Crippen molar-refractivity contribution in [1.82, 2.24) is 4.98 Å². The van der Waals surface area contributed by atoms with Crippen LogP contribution in [0.15, 0.2) is 12.3 Å². The van der Waals surface area contributed by atoms with Gasteiger partial charge >= 0.3 is 0 Å². The molecule has 0 amide bonds. The molecule has 16 heavy (non-hydrogen) atoms. The van der Waals surface area contributed by atoms with Crippen LogP contribution in [-0.4, -0.2) is 22.7 Å². The minimum atomic E-state index is -0.0492. The fraction of sp³-hybridized carbons (Fsp3) is 0.583. The van der Waals surface area contributed by atoms with Crippen LogP contribution in [0.25, 0.3) is 0 Å². The van der Waals surface area contributed by atoms with Gasteiger partial charge in [-0.05, 0) is 26.3 Å². The lowest BCUT2D eigenvalue weighted by atomic mass is 10.2. The maximum atomic E-state index is 9.16. The van der Waals surface area contributed by atoms with E-state index in [-0.39, 0.29) is 6.61 Å². The molecule has 1 heterocycles. The molecule has 0 aliphatic carbocycles. The van der Waals surface area contributed by atoms with Crippen LogP contribution in [0.1, 0.15) is 32.8 Å². The third-order valence-corrected chi connectivity index (χ3v) is 3.19. The summed E-state index contributed by atoms with van der Waals surface area (Å²) < 4.78 is 0. The Morgan fingerprint density at radius 2 is 2.19 bits per heavy atom. The monoisotopic (exact) mass is 242 g/mol. The molecule has 0 bridgehead atoms. The third kappa shape index (κ3) is 2.86. The van der Waals surface area contributed by atoms with E-state index in [0.717, 1.165) is 24.3 Å². The molecule has 0 spiro atoms. The summed E-state index contributed by atoms with van der Waals surface area (Å²) in [5.74, 6) is 0.880. The first-order chi connectivity index (χ1) is 7.63. The van der Waals surface area contributed by atoms with E-state index in [9.17, 15) is 0 Å². The van der Waals surface area contributed by atoms with Crippen molar-refractivity contribution < 1.29 is 5.11 Å². The number of hydrogen-bond donors (Lipinski definition) is 1. The molecule has 1 aromatic rings. The Bertz CT molecular complexity index is 344. The predicted molar refractivity (Wildman–Crippen MR) is 67.9 cm³/mol. The van der Waals surface area contributed by atoms with E-state index in [0.29, 0.717) is 11.1 Å². The molecular formula is C12H19ClN2O. The third-order valence-electron chi connectivity index (χ3n) is 2.85. The molecule has 90 valence electrons. The predicted octanol–water partition coefficient (Wildman–Crippen LogP) is 2.85. The summed E-state index contributed by atoms with van der Waals surface area (Å²) >= 11 is 5.92. The summed E-state index contributed by atoms with van der Waals surface area (Å²) in [5, 5.41) is 9.68. The lowest BCUT2D eigenvalue weighted by Gasteiger charge is -2.28. The number of aromatic nitrogens is 1. The van der Waals surface area contributed by atoms with Crippen LogP contribution in [0.5, 0.6) is 0 Å². The molecule has 1 atom stereocenters. The molecule has 1 N–H and O–H groups in total. The number of aliphatic hydroxyl groups is 1. The highest BCUT2D eigenvalue weighted by atomic mass is 35.5. The molecule has 4 heteroatoms. The minimum Gasteiger partial charge on any atom is -0.392 e. The Morgan fingerprint density at radius 1 is 1.50 bits per heavy atom. The minimum absolute atomic E-state index is 0.0492. The molecule has 1 unspecified atom stereocenters. The fourth-order valence-corrected chi connectivity index (χ4v) is 1.83. The van der Waals surface area contributed by atoms with Gasteiger partial charge < -0.3 is 10.0 Å². The smallest absolute Gasteiger partial charge is 0.129 e. The highest BCUT2D eigenvalue weighted by Crippen LogP contribution is 2.22. The van der Waals surface area contributed by atoms with Crippen LogP contribution in [0.2, 0.25) is 5.02 Å². The highest BCUT2D eigenvalue weighted by molar-refractivity contribution is 6.31. The van der Waals surface area contributed by atoms with Crippen molar-refractivity contribution in [2.45, 2.75) is 39.8 Å². The van der Waals surface area contributed by atoms with E-state index in [1.165, 1.54) is 0 Å². The van der Waals surface area contributed by atoms with E-state index >= 15 is 0 Å². The summed E-state index contributed by atoms with van der Waals surface area (Å²) in [4.78, 5) is 6.51. The number of aliphatic hydroxyl groups excluding tert-OH is 1. The summed E-state index contributed by atoms with van der Waals surface area (Å²) in [7, 11) is 0. The second-order valence-corrected chi connectivity index (χ2v) is 4.24. The molecule has 3 nitrogen and oxygen atoms in total. The molecule has 0 aromatic carbocycles. The number of rotatable bonds is 5. The van der Waals surface area contributed by atoms with Gasteiger partial charge in [0.15, 0.2) is 0 Å². The SMILES string of the molecule is CCC(C)N(CC)c1cc(CO)c(Cl)cn1. The molecule has 0 aliphatic rings. The van der Waals surface area contributed by atoms with Crippen LogP contribution in [0.4, 0.5) is 5.82 Å². The van der Waals surface area contributed by atoms with E-state index in [1.54, 1.807) is 6.20 Å². The number of halogens is 1. The average Bonchev–Trinajstić information content (AvgIpc) is 2.31. The number of pyridine rings is 1. The Balaban J connectivity index is 3.01. The second kappa shape index (κ2) is 6.06. The fourth-order valence-electron chi connectivity index (χ4n) is 1.67. The van der Waals surface area contributed by atoms with Gasteiger partial charge in [0.2, 0.25) is 0 Å². The molecule has 0 saturated carbocycles. The summed E-state index contributed by atoms with van der Waals surface area (Å²) in [6.07, 6.45) is 2.67. The van der Waals surface area contributed by atoms with Crippen molar-refractivity contribution in [2.24, 2.45) is 0 Å². The van der Waals surface area contributed by atoms with Gasteiger partial charge in [-0.1, -0.05) is 18.5 Å². The summed E-state index contributed by atoms with van der Waals surface area (Å²) in [6, 6.07) is 2.29. The van der Waals surface area contributed by atoms with Crippen LogP contribution in [0.3, 0.4) is 0 Å². The first-order valence-electron chi connectivity index (χ1n) is 5.65. The molecule has 0 saturated heterocycles. The lowest BCUT2D eigenvalue weighted by Crippen LogP contribution is -2.33. The average molecular weight is 243 g/mol. The van der Waals surface area contributed by atoms with Crippen LogP contribution >= 0.6 is 11.6 Å². The van der Waals surface area contributed by atoms with Gasteiger partial charge in [-0.25, -0.2) is 4.98 Å². The Kier molecular flexibility index (Phi) is 5.03. The number of hydrogen-bond acceptors (Lipinski definition) is 3. The second-order valence-electron chi connectivity index (χ2n) is 3.84. The highest BCUT2D eigenvalue weighted by Gasteiger charge is 2.13. The van der Waals surface area contributed by atoms with Crippen LogP contribution < -0.4 is 4.90 Å². The van der Waals surface area contributed by atoms with Crippen LogP contribution in [0, 0.1) is 0 Å². The zero-order valence-corrected chi connectivity index (χ0v) is 10.8.